The van der Waals surface area contributed by atoms with Gasteiger partial charge in [0.1, 0.15) is 5.75 Å². The topological polar surface area (TPSA) is 120 Å². The van der Waals surface area contributed by atoms with Crippen molar-refractivity contribution < 1.29 is 55.8 Å². The summed E-state index contributed by atoms with van der Waals surface area (Å²) < 4.78 is 88.0. The molecule has 2 fully saturated rings. The molecule has 0 unspecified atom stereocenters. The van der Waals surface area contributed by atoms with Gasteiger partial charge in [-0.1, -0.05) is 6.07 Å². The highest BCUT2D eigenvalue weighted by molar-refractivity contribution is 6.43. The van der Waals surface area contributed by atoms with Crippen molar-refractivity contribution in [3.05, 3.63) is 99.4 Å². The monoisotopic (exact) mass is 714 g/mol. The fourth-order valence-corrected chi connectivity index (χ4v) is 7.62. The maximum absolute atomic E-state index is 14.0. The predicted octanol–water partition coefficient (Wildman–Crippen LogP) is 6.76. The average molecular weight is 714 g/mol. The van der Waals surface area contributed by atoms with Crippen LogP contribution in [-0.2, 0) is 26.6 Å². The fourth-order valence-electron chi connectivity index (χ4n) is 7.62. The van der Waals surface area contributed by atoms with E-state index < -0.39 is 78.6 Å². The van der Waals surface area contributed by atoms with Crippen LogP contribution in [0.3, 0.4) is 0 Å². The Hall–Kier alpha value is -4.47. The molecule has 3 heterocycles. The first-order valence-corrected chi connectivity index (χ1v) is 16.2. The van der Waals surface area contributed by atoms with E-state index in [1.165, 1.54) is 0 Å². The Morgan fingerprint density at radius 3 is 2.20 bits per heavy atom. The van der Waals surface area contributed by atoms with Gasteiger partial charge < -0.3 is 19.9 Å². The summed E-state index contributed by atoms with van der Waals surface area (Å²) in [4.78, 5) is 32.5. The van der Waals surface area contributed by atoms with Gasteiger partial charge in [0.25, 0.3) is 0 Å². The van der Waals surface area contributed by atoms with Crippen LogP contribution in [-0.4, -0.2) is 51.9 Å². The summed E-state index contributed by atoms with van der Waals surface area (Å²) in [7, 11) is -1.42. The third-order valence-corrected chi connectivity index (χ3v) is 9.85. The third-order valence-electron chi connectivity index (χ3n) is 9.85. The molecule has 268 valence electrons. The molecule has 51 heavy (non-hydrogen) atoms. The Morgan fingerprint density at radius 2 is 1.63 bits per heavy atom. The van der Waals surface area contributed by atoms with Crippen molar-refractivity contribution in [3.8, 4) is 5.75 Å². The van der Waals surface area contributed by atoms with Crippen LogP contribution in [0.25, 0.3) is 11.6 Å². The maximum atomic E-state index is 14.0. The molecule has 0 radical (unpaired) electrons. The molecule has 0 spiro atoms. The van der Waals surface area contributed by atoms with Crippen molar-refractivity contribution in [2.45, 2.75) is 57.9 Å². The summed E-state index contributed by atoms with van der Waals surface area (Å²) in [5.41, 5.74) is 0.163. The Balaban J connectivity index is 1.34. The summed E-state index contributed by atoms with van der Waals surface area (Å²) in [6.45, 7) is 2.99. The number of carbonyl (C=O) groups is 2. The van der Waals surface area contributed by atoms with E-state index in [-0.39, 0.29) is 31.0 Å². The minimum Gasteiger partial charge on any atom is -0.507 e. The molecule has 15 heteroatoms. The molecule has 2 amide bonds. The van der Waals surface area contributed by atoms with Gasteiger partial charge in [-0.2, -0.15) is 26.3 Å². The number of halogens is 6. The highest BCUT2D eigenvalue weighted by Gasteiger charge is 2.58. The van der Waals surface area contributed by atoms with Gasteiger partial charge in [-0.3, -0.25) is 14.6 Å². The van der Waals surface area contributed by atoms with E-state index in [0.717, 1.165) is 11.1 Å². The first-order valence-electron chi connectivity index (χ1n) is 16.2. The number of carbonyl (C=O) groups excluding carboxylic acids is 2. The highest BCUT2D eigenvalue weighted by atomic mass is 19.4. The summed E-state index contributed by atoms with van der Waals surface area (Å²) in [5, 5.41) is 31.6. The number of phenols is 1. The molecule has 1 aromatic heterocycles. The number of imide groups is 1. The minimum absolute atomic E-state index is 0.0812. The average Bonchev–Trinajstić information content (AvgIpc) is 3.32. The standard InChI is InChI=1S/C36H33BF6N2O6/c1-18-9-20(10-19(2)32(18)47)11-21(28-5-3-4-8-44-28)6-7-29-30-22(17-46)12-26-31(27(30)16-37(50)51-29)34(49)45(33(26)48)25-14-23(35(38,39)40)13-24(15-25)36(41,42)43/h3-5,8-11,13-15,26-27,29,31,46-47,50H,6-7,12,16-17H2,1-2H3/b21-11-/t26-,27+,29-,31-/m1/s1. The number of aliphatic hydroxyl groups excluding tert-OH is 1. The number of aromatic hydroxyl groups is 1. The second kappa shape index (κ2) is 13.6. The number of benzene rings is 2. The van der Waals surface area contributed by atoms with E-state index in [4.69, 9.17) is 4.65 Å². The van der Waals surface area contributed by atoms with Crippen LogP contribution in [0.4, 0.5) is 32.0 Å². The molecule has 6 rings (SSSR count). The van der Waals surface area contributed by atoms with Crippen LogP contribution >= 0.6 is 0 Å². The lowest BCUT2D eigenvalue weighted by molar-refractivity contribution is -0.143. The fraction of sp³-hybridized carbons (Fsp3) is 0.361. The molecule has 0 bridgehead atoms. The molecule has 3 aromatic rings. The van der Waals surface area contributed by atoms with Gasteiger partial charge in [0.05, 0.1) is 47.1 Å². The van der Waals surface area contributed by atoms with Crippen LogP contribution in [0, 0.1) is 31.6 Å². The quantitative estimate of drug-likeness (QED) is 0.107. The van der Waals surface area contributed by atoms with Crippen molar-refractivity contribution in [3.63, 3.8) is 0 Å². The number of aryl methyl sites for hydroxylation is 2. The SMILES string of the molecule is Cc1cc(/C=C(/CC[C@H]2OB(O)C[C@H]3C2=C(CO)C[C@H]2C(=O)N(c4cc(C(F)(F)F)cc(C(F)(F)F)c4)C(=O)[C@H]23)c2ccccn2)cc(C)c1O. The van der Waals surface area contributed by atoms with E-state index >= 15 is 0 Å². The first kappa shape index (κ1) is 36.3. The molecule has 3 aliphatic rings. The lowest BCUT2D eigenvalue weighted by atomic mass is 9.58. The zero-order valence-corrected chi connectivity index (χ0v) is 27.4. The summed E-state index contributed by atoms with van der Waals surface area (Å²) >= 11 is 0. The number of amides is 2. The lowest BCUT2D eigenvalue weighted by Crippen LogP contribution is -2.46. The largest absolute Gasteiger partial charge is 0.507 e. The lowest BCUT2D eigenvalue weighted by Gasteiger charge is -2.43. The Kier molecular flexibility index (Phi) is 9.68. The molecule has 1 aliphatic carbocycles. The van der Waals surface area contributed by atoms with E-state index in [1.54, 1.807) is 26.1 Å². The molecule has 8 nitrogen and oxygen atoms in total. The molecule has 2 saturated heterocycles. The molecular formula is C36H33BF6N2O6. The van der Waals surface area contributed by atoms with E-state index in [1.807, 2.05) is 30.3 Å². The number of anilines is 1. The Bertz CT molecular complexity index is 1870. The third kappa shape index (κ3) is 7.06. The van der Waals surface area contributed by atoms with Crippen molar-refractivity contribution in [2.75, 3.05) is 11.5 Å². The first-order chi connectivity index (χ1) is 24.0. The van der Waals surface area contributed by atoms with Crippen LogP contribution in [0.2, 0.25) is 6.32 Å². The molecule has 4 atom stereocenters. The second-order valence-corrected chi connectivity index (χ2v) is 13.2. The Labute approximate surface area is 289 Å². The summed E-state index contributed by atoms with van der Waals surface area (Å²) in [5.74, 6) is -5.10. The number of aliphatic hydroxyl groups is 1. The molecule has 3 N–H and O–H groups in total. The number of rotatable bonds is 7. The van der Waals surface area contributed by atoms with Gasteiger partial charge in [-0.25, -0.2) is 4.90 Å². The van der Waals surface area contributed by atoms with Crippen molar-refractivity contribution in [2.24, 2.45) is 17.8 Å². The minimum atomic E-state index is -5.20. The number of alkyl halides is 6. The van der Waals surface area contributed by atoms with Crippen LogP contribution in [0.5, 0.6) is 5.75 Å². The Morgan fingerprint density at radius 1 is 0.980 bits per heavy atom. The summed E-state index contributed by atoms with van der Waals surface area (Å²) in [6, 6.07) is 9.60. The maximum Gasteiger partial charge on any atom is 0.455 e. The molecule has 2 aromatic carbocycles. The number of phenolic OH excluding ortho intramolecular Hbond substituents is 1. The van der Waals surface area contributed by atoms with Crippen LogP contribution in [0.15, 0.2) is 65.9 Å². The van der Waals surface area contributed by atoms with Crippen LogP contribution in [0.1, 0.15) is 52.8 Å². The zero-order chi connectivity index (χ0) is 37.0. The van der Waals surface area contributed by atoms with E-state index in [9.17, 15) is 51.2 Å². The number of fused-ring (bicyclic) bond motifs is 3. The number of aromatic nitrogens is 1. The van der Waals surface area contributed by atoms with Gasteiger partial charge in [0, 0.05) is 6.20 Å². The summed E-state index contributed by atoms with van der Waals surface area (Å²) in [6.07, 6.45) is -7.56. The van der Waals surface area contributed by atoms with Gasteiger partial charge in [0.2, 0.25) is 11.8 Å². The molecular weight excluding hydrogens is 681 g/mol. The number of nitrogens with zero attached hydrogens (tertiary/aromatic N) is 2. The smallest absolute Gasteiger partial charge is 0.455 e. The van der Waals surface area contributed by atoms with E-state index in [2.05, 4.69) is 4.98 Å². The number of allylic oxidation sites excluding steroid dienone is 1. The second-order valence-electron chi connectivity index (χ2n) is 13.2. The van der Waals surface area contributed by atoms with Crippen molar-refractivity contribution in [1.29, 1.82) is 0 Å². The van der Waals surface area contributed by atoms with Crippen molar-refractivity contribution >= 4 is 36.3 Å². The van der Waals surface area contributed by atoms with Crippen molar-refractivity contribution in [1.82, 2.24) is 4.98 Å². The van der Waals surface area contributed by atoms with Gasteiger partial charge >= 0.3 is 19.5 Å². The predicted molar refractivity (Wildman–Crippen MR) is 175 cm³/mol. The molecule has 0 saturated carbocycles. The van der Waals surface area contributed by atoms with Gasteiger partial charge in [0.15, 0.2) is 0 Å². The number of pyridine rings is 1. The van der Waals surface area contributed by atoms with Crippen LogP contribution < -0.4 is 4.90 Å². The van der Waals surface area contributed by atoms with E-state index in [0.29, 0.717) is 51.4 Å². The van der Waals surface area contributed by atoms with Gasteiger partial charge in [-0.15, -0.1) is 0 Å². The normalized spacial score (nSPS) is 22.8. The molecule has 2 aliphatic heterocycles. The highest BCUT2D eigenvalue weighted by Crippen LogP contribution is 2.52. The number of hydrogen-bond acceptors (Lipinski definition) is 7. The zero-order valence-electron chi connectivity index (χ0n) is 27.4. The number of hydrogen-bond donors (Lipinski definition) is 3. The van der Waals surface area contributed by atoms with Gasteiger partial charge in [-0.05, 0) is 127 Å².